The summed E-state index contributed by atoms with van der Waals surface area (Å²) in [6.45, 7) is 0. The van der Waals surface area contributed by atoms with E-state index in [9.17, 15) is 9.59 Å². The zero-order valence-electron chi connectivity index (χ0n) is 13.2. The fourth-order valence-corrected chi connectivity index (χ4v) is 2.84. The minimum atomic E-state index is -0.220. The molecule has 3 rings (SSSR count). The molecule has 1 aliphatic carbocycles. The van der Waals surface area contributed by atoms with E-state index >= 15 is 0 Å². The van der Waals surface area contributed by atoms with Gasteiger partial charge in [0, 0.05) is 29.4 Å². The molecule has 4 N–H and O–H groups in total. The van der Waals surface area contributed by atoms with E-state index in [0.717, 1.165) is 19.3 Å². The van der Waals surface area contributed by atoms with Gasteiger partial charge < -0.3 is 16.4 Å². The molecule has 2 amide bonds. The Kier molecular flexibility index (Phi) is 4.86. The lowest BCUT2D eigenvalue weighted by molar-refractivity contribution is -0.119. The third kappa shape index (κ3) is 3.97. The molecule has 24 heavy (non-hydrogen) atoms. The Morgan fingerprint density at radius 3 is 2.46 bits per heavy atom. The molecule has 2 aromatic rings. The van der Waals surface area contributed by atoms with Crippen LogP contribution in [0.25, 0.3) is 0 Å². The maximum absolute atomic E-state index is 12.2. The minimum absolute atomic E-state index is 0.00416. The molecule has 0 spiro atoms. The number of aromatic nitrogens is 1. The van der Waals surface area contributed by atoms with Gasteiger partial charge in [0.1, 0.15) is 0 Å². The Morgan fingerprint density at radius 1 is 1.04 bits per heavy atom. The number of nitrogens with one attached hydrogen (secondary N) is 2. The minimum Gasteiger partial charge on any atom is -0.328 e. The van der Waals surface area contributed by atoms with Crippen LogP contribution in [0.15, 0.2) is 48.8 Å². The molecular formula is C18H20N4O2. The van der Waals surface area contributed by atoms with Crippen molar-refractivity contribution in [2.75, 3.05) is 10.6 Å². The molecule has 1 aromatic carbocycles. The van der Waals surface area contributed by atoms with E-state index in [0.29, 0.717) is 16.9 Å². The first-order valence-corrected chi connectivity index (χ1v) is 8.00. The molecule has 6 nitrogen and oxygen atoms in total. The second-order valence-corrected chi connectivity index (χ2v) is 6.03. The van der Waals surface area contributed by atoms with Crippen LogP contribution in [0.2, 0.25) is 0 Å². The number of hydrogen-bond donors (Lipinski definition) is 3. The van der Waals surface area contributed by atoms with E-state index in [1.807, 2.05) is 0 Å². The summed E-state index contributed by atoms with van der Waals surface area (Å²) >= 11 is 0. The van der Waals surface area contributed by atoms with Crippen LogP contribution in [-0.4, -0.2) is 22.8 Å². The Bertz CT molecular complexity index is 716. The zero-order chi connectivity index (χ0) is 16.9. The fraction of sp³-hybridized carbons (Fsp3) is 0.278. The number of nitrogens with two attached hydrogens (primary N) is 1. The van der Waals surface area contributed by atoms with Crippen LogP contribution in [-0.2, 0) is 4.79 Å². The second-order valence-electron chi connectivity index (χ2n) is 6.03. The van der Waals surface area contributed by atoms with E-state index in [1.54, 1.807) is 48.8 Å². The van der Waals surface area contributed by atoms with Gasteiger partial charge in [0.05, 0.1) is 11.9 Å². The molecular weight excluding hydrogens is 304 g/mol. The highest BCUT2D eigenvalue weighted by Crippen LogP contribution is 2.25. The van der Waals surface area contributed by atoms with Crippen molar-refractivity contribution in [3.05, 3.63) is 54.4 Å². The molecule has 0 saturated heterocycles. The maximum Gasteiger partial charge on any atom is 0.255 e. The summed E-state index contributed by atoms with van der Waals surface area (Å²) in [7, 11) is 0. The van der Waals surface area contributed by atoms with Crippen molar-refractivity contribution >= 4 is 23.2 Å². The third-order valence-corrected chi connectivity index (χ3v) is 4.18. The van der Waals surface area contributed by atoms with Gasteiger partial charge in [0.2, 0.25) is 5.91 Å². The summed E-state index contributed by atoms with van der Waals surface area (Å²) in [6, 6.07) is 10.5. The van der Waals surface area contributed by atoms with Crippen molar-refractivity contribution in [1.29, 1.82) is 0 Å². The van der Waals surface area contributed by atoms with Crippen LogP contribution < -0.4 is 16.4 Å². The highest BCUT2D eigenvalue weighted by molar-refractivity contribution is 6.04. The quantitative estimate of drug-likeness (QED) is 0.804. The zero-order valence-corrected chi connectivity index (χ0v) is 13.2. The summed E-state index contributed by atoms with van der Waals surface area (Å²) in [4.78, 5) is 28.3. The summed E-state index contributed by atoms with van der Waals surface area (Å²) in [5, 5.41) is 5.65. The van der Waals surface area contributed by atoms with Gasteiger partial charge in [0.25, 0.3) is 5.91 Å². The average Bonchev–Trinajstić information content (AvgIpc) is 3.03. The highest BCUT2D eigenvalue weighted by Gasteiger charge is 2.27. The van der Waals surface area contributed by atoms with Gasteiger partial charge in [0.15, 0.2) is 0 Å². The Labute approximate surface area is 140 Å². The monoisotopic (exact) mass is 324 g/mol. The number of anilines is 2. The fourth-order valence-electron chi connectivity index (χ4n) is 2.84. The van der Waals surface area contributed by atoms with Gasteiger partial charge in [-0.2, -0.15) is 0 Å². The van der Waals surface area contributed by atoms with Crippen molar-refractivity contribution in [2.24, 2.45) is 11.7 Å². The van der Waals surface area contributed by atoms with E-state index in [1.165, 1.54) is 0 Å². The summed E-state index contributed by atoms with van der Waals surface area (Å²) in [6.07, 6.45) is 5.69. The molecule has 6 heteroatoms. The van der Waals surface area contributed by atoms with E-state index in [4.69, 9.17) is 5.73 Å². The summed E-state index contributed by atoms with van der Waals surface area (Å²) < 4.78 is 0. The van der Waals surface area contributed by atoms with E-state index in [-0.39, 0.29) is 23.8 Å². The number of hydrogen-bond acceptors (Lipinski definition) is 4. The number of carbonyl (C=O) groups excluding carboxylic acids is 2. The van der Waals surface area contributed by atoms with Crippen LogP contribution in [0, 0.1) is 5.92 Å². The lowest BCUT2D eigenvalue weighted by Gasteiger charge is -2.11. The predicted octanol–water partition coefficient (Wildman–Crippen LogP) is 2.40. The predicted molar refractivity (Wildman–Crippen MR) is 92.6 cm³/mol. The second kappa shape index (κ2) is 7.23. The number of pyridine rings is 1. The highest BCUT2D eigenvalue weighted by atomic mass is 16.2. The third-order valence-electron chi connectivity index (χ3n) is 4.18. The molecule has 0 bridgehead atoms. The first-order chi connectivity index (χ1) is 11.6. The lowest BCUT2D eigenvalue weighted by atomic mass is 10.1. The van der Waals surface area contributed by atoms with Crippen LogP contribution in [0.3, 0.4) is 0 Å². The molecule has 1 saturated carbocycles. The molecule has 2 unspecified atom stereocenters. The number of nitrogens with zero attached hydrogens (tertiary/aromatic N) is 1. The summed E-state index contributed by atoms with van der Waals surface area (Å²) in [5.41, 5.74) is 7.67. The Balaban J connectivity index is 1.59. The maximum atomic E-state index is 12.2. The van der Waals surface area contributed by atoms with Crippen LogP contribution in [0.4, 0.5) is 11.4 Å². The van der Waals surface area contributed by atoms with Crippen LogP contribution in [0.5, 0.6) is 0 Å². The van der Waals surface area contributed by atoms with Crippen molar-refractivity contribution in [1.82, 2.24) is 4.98 Å². The molecule has 1 aromatic heterocycles. The average molecular weight is 324 g/mol. The van der Waals surface area contributed by atoms with Gasteiger partial charge in [-0.1, -0.05) is 0 Å². The van der Waals surface area contributed by atoms with Crippen molar-refractivity contribution in [2.45, 2.75) is 25.3 Å². The van der Waals surface area contributed by atoms with Gasteiger partial charge in [-0.15, -0.1) is 0 Å². The van der Waals surface area contributed by atoms with Gasteiger partial charge >= 0.3 is 0 Å². The first-order valence-electron chi connectivity index (χ1n) is 8.00. The summed E-state index contributed by atoms with van der Waals surface area (Å²) in [5.74, 6) is -0.244. The molecule has 1 heterocycles. The van der Waals surface area contributed by atoms with Gasteiger partial charge in [-0.25, -0.2) is 0 Å². The largest absolute Gasteiger partial charge is 0.328 e. The van der Waals surface area contributed by atoms with Gasteiger partial charge in [-0.05, 0) is 55.7 Å². The molecule has 1 aliphatic rings. The Morgan fingerprint density at radius 2 is 1.83 bits per heavy atom. The SMILES string of the molecule is NC1CCC(C(=O)Nc2ccc(C(=O)Nc3cccnc3)cc2)C1. The van der Waals surface area contributed by atoms with E-state index < -0.39 is 0 Å². The first kappa shape index (κ1) is 16.1. The standard InChI is InChI=1S/C18H20N4O2/c19-14-6-3-13(10-14)18(24)21-15-7-4-12(5-8-15)17(23)22-16-2-1-9-20-11-16/h1-2,4-5,7-9,11,13-14H,3,6,10,19H2,(H,21,24)(H,22,23). The molecule has 2 atom stereocenters. The van der Waals surface area contributed by atoms with Crippen molar-refractivity contribution in [3.8, 4) is 0 Å². The van der Waals surface area contributed by atoms with Crippen LogP contribution in [0.1, 0.15) is 29.6 Å². The number of carbonyl (C=O) groups is 2. The molecule has 124 valence electrons. The van der Waals surface area contributed by atoms with Gasteiger partial charge in [-0.3, -0.25) is 14.6 Å². The topological polar surface area (TPSA) is 97.1 Å². The molecule has 0 aliphatic heterocycles. The molecule has 1 fully saturated rings. The number of amides is 2. The number of benzene rings is 1. The lowest BCUT2D eigenvalue weighted by Crippen LogP contribution is -2.23. The normalized spacial score (nSPS) is 19.7. The smallest absolute Gasteiger partial charge is 0.255 e. The molecule has 0 radical (unpaired) electrons. The van der Waals surface area contributed by atoms with Crippen LogP contribution >= 0.6 is 0 Å². The van der Waals surface area contributed by atoms with E-state index in [2.05, 4.69) is 15.6 Å². The van der Waals surface area contributed by atoms with Crippen molar-refractivity contribution < 1.29 is 9.59 Å². The number of rotatable bonds is 4. The Hall–Kier alpha value is -2.73. The van der Waals surface area contributed by atoms with Crippen molar-refractivity contribution in [3.63, 3.8) is 0 Å².